The van der Waals surface area contributed by atoms with E-state index in [1.165, 1.54) is 23.5 Å². The van der Waals surface area contributed by atoms with Gasteiger partial charge in [0.15, 0.2) is 0 Å². The predicted octanol–water partition coefficient (Wildman–Crippen LogP) is 3.88. The van der Waals surface area contributed by atoms with E-state index in [4.69, 9.17) is 16.7 Å². The number of benzene rings is 1. The van der Waals surface area contributed by atoms with Crippen LogP contribution in [0.15, 0.2) is 30.3 Å². The molecule has 6 heteroatoms. The van der Waals surface area contributed by atoms with Gasteiger partial charge in [-0.2, -0.15) is 0 Å². The first kappa shape index (κ1) is 13.8. The molecule has 1 aromatic heterocycles. The molecular formula is C13H11ClFNO2S. The number of carbonyl (C=O) groups is 1. The molecule has 0 aliphatic rings. The molecular weight excluding hydrogens is 289 g/mol. The lowest BCUT2D eigenvalue weighted by Gasteiger charge is -2.20. The van der Waals surface area contributed by atoms with E-state index in [9.17, 15) is 9.18 Å². The molecule has 0 spiro atoms. The van der Waals surface area contributed by atoms with Crippen LogP contribution in [-0.2, 0) is 6.54 Å². The molecule has 0 radical (unpaired) electrons. The maximum atomic E-state index is 13.1. The largest absolute Gasteiger partial charge is 0.478 e. The number of nitrogens with zero attached hydrogens (tertiary/aromatic N) is 1. The van der Waals surface area contributed by atoms with Gasteiger partial charge in [-0.25, -0.2) is 9.18 Å². The van der Waals surface area contributed by atoms with Gasteiger partial charge >= 0.3 is 5.97 Å². The molecule has 0 aliphatic carbocycles. The van der Waals surface area contributed by atoms with Crippen LogP contribution >= 0.6 is 22.9 Å². The van der Waals surface area contributed by atoms with Crippen molar-refractivity contribution in [3.05, 3.63) is 50.9 Å². The third-order valence-electron chi connectivity index (χ3n) is 2.62. The van der Waals surface area contributed by atoms with Crippen LogP contribution in [-0.4, -0.2) is 18.1 Å². The minimum Gasteiger partial charge on any atom is -0.478 e. The highest BCUT2D eigenvalue weighted by molar-refractivity contribution is 7.16. The lowest BCUT2D eigenvalue weighted by molar-refractivity contribution is 0.0697. The Morgan fingerprint density at radius 2 is 2.16 bits per heavy atom. The van der Waals surface area contributed by atoms with E-state index < -0.39 is 11.8 Å². The quantitative estimate of drug-likeness (QED) is 0.931. The van der Waals surface area contributed by atoms with Crippen molar-refractivity contribution in [3.8, 4) is 0 Å². The number of thiophene rings is 1. The summed E-state index contributed by atoms with van der Waals surface area (Å²) in [6.45, 7) is 0.517. The van der Waals surface area contributed by atoms with Crippen molar-refractivity contribution in [2.75, 3.05) is 11.9 Å². The average molecular weight is 300 g/mol. The number of hydrogen-bond acceptors (Lipinski definition) is 3. The van der Waals surface area contributed by atoms with Gasteiger partial charge in [0.2, 0.25) is 0 Å². The number of hydrogen-bond donors (Lipinski definition) is 1. The Hall–Kier alpha value is -1.59. The van der Waals surface area contributed by atoms with E-state index in [-0.39, 0.29) is 5.56 Å². The summed E-state index contributed by atoms with van der Waals surface area (Å²) in [5.74, 6) is -1.71. The zero-order valence-corrected chi connectivity index (χ0v) is 11.6. The van der Waals surface area contributed by atoms with Crippen LogP contribution in [0.2, 0.25) is 4.34 Å². The highest BCUT2D eigenvalue weighted by Gasteiger charge is 2.15. The molecule has 0 saturated heterocycles. The summed E-state index contributed by atoms with van der Waals surface area (Å²) in [5, 5.41) is 9.10. The molecule has 0 fully saturated rings. The third kappa shape index (κ3) is 3.24. The normalized spacial score (nSPS) is 10.5. The van der Waals surface area contributed by atoms with Gasteiger partial charge in [0, 0.05) is 11.9 Å². The second kappa shape index (κ2) is 5.59. The van der Waals surface area contributed by atoms with Crippen molar-refractivity contribution >= 4 is 34.6 Å². The van der Waals surface area contributed by atoms with Crippen molar-refractivity contribution in [2.45, 2.75) is 6.54 Å². The number of aromatic carboxylic acids is 1. The van der Waals surface area contributed by atoms with E-state index in [1.807, 2.05) is 6.07 Å². The number of rotatable bonds is 4. The van der Waals surface area contributed by atoms with Crippen LogP contribution in [0.25, 0.3) is 0 Å². The van der Waals surface area contributed by atoms with Crippen molar-refractivity contribution in [2.24, 2.45) is 0 Å². The van der Waals surface area contributed by atoms with Crippen LogP contribution in [0.5, 0.6) is 0 Å². The summed E-state index contributed by atoms with van der Waals surface area (Å²) in [6.07, 6.45) is 0. The molecule has 1 aromatic carbocycles. The second-order valence-corrected chi connectivity index (χ2v) is 5.83. The molecule has 0 amide bonds. The Bertz CT molecular complexity index is 614. The van der Waals surface area contributed by atoms with Crippen LogP contribution in [0.1, 0.15) is 15.2 Å². The first-order chi connectivity index (χ1) is 8.97. The Labute approximate surface area is 118 Å². The summed E-state index contributed by atoms with van der Waals surface area (Å²) < 4.78 is 13.8. The fourth-order valence-electron chi connectivity index (χ4n) is 1.77. The number of anilines is 1. The van der Waals surface area contributed by atoms with Gasteiger partial charge < -0.3 is 10.0 Å². The lowest BCUT2D eigenvalue weighted by atomic mass is 10.1. The van der Waals surface area contributed by atoms with E-state index >= 15 is 0 Å². The minimum atomic E-state index is -1.15. The maximum Gasteiger partial charge on any atom is 0.337 e. The number of carboxylic acids is 1. The molecule has 100 valence electrons. The molecule has 3 nitrogen and oxygen atoms in total. The van der Waals surface area contributed by atoms with Crippen LogP contribution in [0.3, 0.4) is 0 Å². The lowest BCUT2D eigenvalue weighted by Crippen LogP contribution is -2.19. The van der Waals surface area contributed by atoms with E-state index in [2.05, 4.69) is 0 Å². The zero-order chi connectivity index (χ0) is 14.0. The van der Waals surface area contributed by atoms with Crippen molar-refractivity contribution < 1.29 is 14.3 Å². The summed E-state index contributed by atoms with van der Waals surface area (Å²) in [7, 11) is 1.76. The Morgan fingerprint density at radius 1 is 1.42 bits per heavy atom. The number of carboxylic acid groups (broad SMARTS) is 1. The molecule has 2 aromatic rings. The summed E-state index contributed by atoms with van der Waals surface area (Å²) >= 11 is 7.28. The van der Waals surface area contributed by atoms with Gasteiger partial charge in [0.25, 0.3) is 0 Å². The molecule has 19 heavy (non-hydrogen) atoms. The van der Waals surface area contributed by atoms with Crippen molar-refractivity contribution in [3.63, 3.8) is 0 Å². The van der Waals surface area contributed by atoms with Gasteiger partial charge in [0.05, 0.1) is 22.1 Å². The minimum absolute atomic E-state index is 0.0508. The average Bonchev–Trinajstić information content (AvgIpc) is 2.74. The first-order valence-corrected chi connectivity index (χ1v) is 6.65. The highest BCUT2D eigenvalue weighted by Crippen LogP contribution is 2.26. The molecule has 0 bridgehead atoms. The van der Waals surface area contributed by atoms with Crippen molar-refractivity contribution in [1.29, 1.82) is 0 Å². The fraction of sp³-hybridized carbons (Fsp3) is 0.154. The molecule has 0 aliphatic heterocycles. The van der Waals surface area contributed by atoms with Crippen LogP contribution < -0.4 is 4.90 Å². The van der Waals surface area contributed by atoms with Gasteiger partial charge in [-0.15, -0.1) is 11.3 Å². The zero-order valence-electron chi connectivity index (χ0n) is 10.1. The fourth-order valence-corrected chi connectivity index (χ4v) is 2.91. The molecule has 0 atom stereocenters. The first-order valence-electron chi connectivity index (χ1n) is 5.45. The van der Waals surface area contributed by atoms with E-state index in [0.29, 0.717) is 16.6 Å². The topological polar surface area (TPSA) is 40.5 Å². The van der Waals surface area contributed by atoms with E-state index in [0.717, 1.165) is 10.9 Å². The Kier molecular flexibility index (Phi) is 4.07. The smallest absolute Gasteiger partial charge is 0.337 e. The molecule has 2 rings (SSSR count). The van der Waals surface area contributed by atoms with Gasteiger partial charge in [-0.05, 0) is 30.3 Å². The predicted molar refractivity (Wildman–Crippen MR) is 74.8 cm³/mol. The second-order valence-electron chi connectivity index (χ2n) is 4.03. The summed E-state index contributed by atoms with van der Waals surface area (Å²) in [6, 6.07) is 7.41. The Morgan fingerprint density at radius 3 is 2.74 bits per heavy atom. The molecule has 1 heterocycles. The van der Waals surface area contributed by atoms with E-state index in [1.54, 1.807) is 18.0 Å². The standard InChI is InChI=1S/C13H11ClFNO2S/c1-16(7-9-3-5-12(14)19-9)11-4-2-8(15)6-10(11)13(17)18/h2-6H,7H2,1H3,(H,17,18). The summed E-state index contributed by atoms with van der Waals surface area (Å²) in [4.78, 5) is 13.9. The number of halogens is 2. The third-order valence-corrected chi connectivity index (χ3v) is 3.84. The van der Waals surface area contributed by atoms with Crippen molar-refractivity contribution in [1.82, 2.24) is 0 Å². The highest BCUT2D eigenvalue weighted by atomic mass is 35.5. The SMILES string of the molecule is CN(Cc1ccc(Cl)s1)c1ccc(F)cc1C(=O)O. The monoisotopic (exact) mass is 299 g/mol. The Balaban J connectivity index is 2.28. The van der Waals surface area contributed by atoms with Gasteiger partial charge in [0.1, 0.15) is 5.82 Å². The van der Waals surface area contributed by atoms with Crippen LogP contribution in [0, 0.1) is 5.82 Å². The molecule has 0 unspecified atom stereocenters. The van der Waals surface area contributed by atoms with Gasteiger partial charge in [-0.3, -0.25) is 0 Å². The molecule has 0 saturated carbocycles. The maximum absolute atomic E-state index is 13.1. The van der Waals surface area contributed by atoms with Gasteiger partial charge in [-0.1, -0.05) is 11.6 Å². The molecule has 1 N–H and O–H groups in total. The summed E-state index contributed by atoms with van der Waals surface area (Å²) in [5.41, 5.74) is 0.420. The van der Waals surface area contributed by atoms with Crippen LogP contribution in [0.4, 0.5) is 10.1 Å².